The molecule has 1 saturated heterocycles. The highest BCUT2D eigenvalue weighted by molar-refractivity contribution is 5.75. The lowest BCUT2D eigenvalue weighted by atomic mass is 9.99. The van der Waals surface area contributed by atoms with Crippen LogP contribution in [0.1, 0.15) is 43.5 Å². The summed E-state index contributed by atoms with van der Waals surface area (Å²) in [5, 5.41) is 3.50. The predicted molar refractivity (Wildman–Crippen MR) is 70.6 cm³/mol. The molecule has 1 unspecified atom stereocenters. The highest BCUT2D eigenvalue weighted by Crippen LogP contribution is 2.40. The highest BCUT2D eigenvalue weighted by atomic mass is 15.1. The number of nitrogens with one attached hydrogen (secondary N) is 1. The third-order valence-electron chi connectivity index (χ3n) is 4.09. The second-order valence-corrected chi connectivity index (χ2v) is 5.48. The van der Waals surface area contributed by atoms with E-state index >= 15 is 0 Å². The van der Waals surface area contributed by atoms with Gasteiger partial charge in [0.1, 0.15) is 11.3 Å². The second-order valence-electron chi connectivity index (χ2n) is 5.48. The molecule has 4 rings (SSSR count). The summed E-state index contributed by atoms with van der Waals surface area (Å²) in [4.78, 5) is 9.06. The molecule has 1 saturated carbocycles. The van der Waals surface area contributed by atoms with E-state index in [4.69, 9.17) is 4.98 Å². The van der Waals surface area contributed by atoms with Crippen molar-refractivity contribution >= 4 is 11.0 Å². The standard InChI is InChI=1S/C14H18N4/c1-2-10(8-15-6-1)14-17-12-9-16-7-5-13(12)18(14)11-3-4-11/h5,7,9-11,15H,1-4,6,8H2. The maximum Gasteiger partial charge on any atom is 0.114 e. The van der Waals surface area contributed by atoms with Crippen LogP contribution in [-0.4, -0.2) is 27.6 Å². The molecule has 2 aromatic rings. The fraction of sp³-hybridized carbons (Fsp3) is 0.571. The van der Waals surface area contributed by atoms with Crippen molar-refractivity contribution in [1.82, 2.24) is 19.9 Å². The van der Waals surface area contributed by atoms with Crippen molar-refractivity contribution in [3.63, 3.8) is 0 Å². The molecule has 0 aromatic carbocycles. The van der Waals surface area contributed by atoms with Crippen LogP contribution >= 0.6 is 0 Å². The molecule has 1 atom stereocenters. The molecule has 0 amide bonds. The summed E-state index contributed by atoms with van der Waals surface area (Å²) in [6.07, 6.45) is 8.91. The van der Waals surface area contributed by atoms with Crippen LogP contribution in [0.4, 0.5) is 0 Å². The summed E-state index contributed by atoms with van der Waals surface area (Å²) >= 11 is 0. The lowest BCUT2D eigenvalue weighted by Crippen LogP contribution is -2.30. The summed E-state index contributed by atoms with van der Waals surface area (Å²) in [6, 6.07) is 2.80. The minimum atomic E-state index is 0.576. The van der Waals surface area contributed by atoms with Crippen molar-refractivity contribution in [3.8, 4) is 0 Å². The number of imidazole rings is 1. The molecule has 0 spiro atoms. The van der Waals surface area contributed by atoms with Gasteiger partial charge >= 0.3 is 0 Å². The molecule has 1 aliphatic carbocycles. The Bertz CT molecular complexity index is 564. The molecule has 4 nitrogen and oxygen atoms in total. The zero-order chi connectivity index (χ0) is 11.9. The normalized spacial score (nSPS) is 24.6. The zero-order valence-corrected chi connectivity index (χ0v) is 10.5. The van der Waals surface area contributed by atoms with Crippen LogP contribution in [0.5, 0.6) is 0 Å². The van der Waals surface area contributed by atoms with Gasteiger partial charge in [-0.05, 0) is 38.3 Å². The van der Waals surface area contributed by atoms with E-state index in [9.17, 15) is 0 Å². The first-order chi connectivity index (χ1) is 8.93. The van der Waals surface area contributed by atoms with Crippen LogP contribution in [-0.2, 0) is 0 Å². The lowest BCUT2D eigenvalue weighted by Gasteiger charge is -2.23. The molecular formula is C14H18N4. The average Bonchev–Trinajstić information content (AvgIpc) is 3.19. The van der Waals surface area contributed by atoms with Crippen LogP contribution in [0.15, 0.2) is 18.5 Å². The largest absolute Gasteiger partial charge is 0.324 e. The number of aromatic nitrogens is 3. The average molecular weight is 242 g/mol. The number of nitrogens with zero attached hydrogens (tertiary/aromatic N) is 3. The Hall–Kier alpha value is -1.42. The molecule has 2 aromatic heterocycles. The number of hydrogen-bond donors (Lipinski definition) is 1. The summed E-state index contributed by atoms with van der Waals surface area (Å²) in [5.41, 5.74) is 2.33. The Morgan fingerprint density at radius 3 is 3.00 bits per heavy atom. The third-order valence-corrected chi connectivity index (χ3v) is 4.09. The molecular weight excluding hydrogens is 224 g/mol. The van der Waals surface area contributed by atoms with Gasteiger partial charge in [0.25, 0.3) is 0 Å². The van der Waals surface area contributed by atoms with Crippen LogP contribution < -0.4 is 5.32 Å². The molecule has 3 heterocycles. The van der Waals surface area contributed by atoms with Crippen molar-refractivity contribution in [1.29, 1.82) is 0 Å². The fourth-order valence-corrected chi connectivity index (χ4v) is 3.05. The number of pyridine rings is 1. The van der Waals surface area contributed by atoms with Crippen molar-refractivity contribution in [2.75, 3.05) is 13.1 Å². The molecule has 94 valence electrons. The Balaban J connectivity index is 1.84. The van der Waals surface area contributed by atoms with Crippen molar-refractivity contribution in [3.05, 3.63) is 24.3 Å². The van der Waals surface area contributed by atoms with E-state index in [2.05, 4.69) is 20.9 Å². The maximum absolute atomic E-state index is 4.86. The minimum Gasteiger partial charge on any atom is -0.324 e. The van der Waals surface area contributed by atoms with Gasteiger partial charge in [-0.25, -0.2) is 4.98 Å². The van der Waals surface area contributed by atoms with E-state index in [1.54, 1.807) is 0 Å². The van der Waals surface area contributed by atoms with Gasteiger partial charge in [0.15, 0.2) is 0 Å². The van der Waals surface area contributed by atoms with Gasteiger partial charge in [-0.3, -0.25) is 4.98 Å². The predicted octanol–water partition coefficient (Wildman–Crippen LogP) is 2.23. The molecule has 0 radical (unpaired) electrons. The van der Waals surface area contributed by atoms with Gasteiger partial charge in [-0.1, -0.05) is 0 Å². The van der Waals surface area contributed by atoms with E-state index in [1.807, 2.05) is 12.4 Å². The monoisotopic (exact) mass is 242 g/mol. The number of fused-ring (bicyclic) bond motifs is 1. The summed E-state index contributed by atoms with van der Waals surface area (Å²) in [5.74, 6) is 1.86. The van der Waals surface area contributed by atoms with E-state index in [-0.39, 0.29) is 0 Å². The lowest BCUT2D eigenvalue weighted by molar-refractivity contribution is 0.435. The summed E-state index contributed by atoms with van der Waals surface area (Å²) in [6.45, 7) is 2.23. The van der Waals surface area contributed by atoms with Crippen LogP contribution in [0.25, 0.3) is 11.0 Å². The van der Waals surface area contributed by atoms with Crippen LogP contribution in [0, 0.1) is 0 Å². The minimum absolute atomic E-state index is 0.576. The van der Waals surface area contributed by atoms with Gasteiger partial charge in [0.2, 0.25) is 0 Å². The zero-order valence-electron chi connectivity index (χ0n) is 10.5. The quantitative estimate of drug-likeness (QED) is 0.878. The first-order valence-corrected chi connectivity index (χ1v) is 6.96. The van der Waals surface area contributed by atoms with E-state index in [0.717, 1.165) is 18.6 Å². The number of hydrogen-bond acceptors (Lipinski definition) is 3. The van der Waals surface area contributed by atoms with E-state index in [0.29, 0.717) is 12.0 Å². The third kappa shape index (κ3) is 1.63. The van der Waals surface area contributed by atoms with Gasteiger partial charge < -0.3 is 9.88 Å². The molecule has 1 N–H and O–H groups in total. The molecule has 2 aliphatic rings. The van der Waals surface area contributed by atoms with Gasteiger partial charge in [0.05, 0.1) is 11.7 Å². The first-order valence-electron chi connectivity index (χ1n) is 6.96. The fourth-order valence-electron chi connectivity index (χ4n) is 3.05. The van der Waals surface area contributed by atoms with Gasteiger partial charge in [0, 0.05) is 24.7 Å². The van der Waals surface area contributed by atoms with E-state index in [1.165, 1.54) is 37.0 Å². The Morgan fingerprint density at radius 1 is 1.28 bits per heavy atom. The summed E-state index contributed by atoms with van der Waals surface area (Å²) in [7, 11) is 0. The Kier molecular flexibility index (Phi) is 2.36. The smallest absolute Gasteiger partial charge is 0.114 e. The van der Waals surface area contributed by atoms with Crippen molar-refractivity contribution in [2.45, 2.75) is 37.6 Å². The Labute approximate surface area is 106 Å². The summed E-state index contributed by atoms with van der Waals surface area (Å²) < 4.78 is 2.48. The molecule has 18 heavy (non-hydrogen) atoms. The Morgan fingerprint density at radius 2 is 2.22 bits per heavy atom. The van der Waals surface area contributed by atoms with Crippen molar-refractivity contribution in [2.24, 2.45) is 0 Å². The van der Waals surface area contributed by atoms with Gasteiger partial charge in [-0.15, -0.1) is 0 Å². The van der Waals surface area contributed by atoms with Crippen LogP contribution in [0.2, 0.25) is 0 Å². The molecule has 1 aliphatic heterocycles. The van der Waals surface area contributed by atoms with Crippen molar-refractivity contribution < 1.29 is 0 Å². The maximum atomic E-state index is 4.86. The molecule has 4 heteroatoms. The van der Waals surface area contributed by atoms with Crippen LogP contribution in [0.3, 0.4) is 0 Å². The topological polar surface area (TPSA) is 42.7 Å². The number of rotatable bonds is 2. The first kappa shape index (κ1) is 10.5. The van der Waals surface area contributed by atoms with E-state index < -0.39 is 0 Å². The highest BCUT2D eigenvalue weighted by Gasteiger charge is 2.31. The second kappa shape index (κ2) is 4.05. The molecule has 2 fully saturated rings. The SMILES string of the molecule is c1cc2c(cn1)nc(C1CCCNC1)n2C1CC1. The molecule has 0 bridgehead atoms. The number of piperidine rings is 1. The van der Waals surface area contributed by atoms with Gasteiger partial charge in [-0.2, -0.15) is 0 Å².